The molecular formula is C12H15NO4. The van der Waals surface area contributed by atoms with E-state index < -0.39 is 6.10 Å². The van der Waals surface area contributed by atoms with Crippen LogP contribution in [0.15, 0.2) is 24.3 Å². The van der Waals surface area contributed by atoms with Crippen molar-refractivity contribution in [2.24, 2.45) is 0 Å². The van der Waals surface area contributed by atoms with Crippen LogP contribution in [0.3, 0.4) is 0 Å². The van der Waals surface area contributed by atoms with Crippen LogP contribution in [0, 0.1) is 0 Å². The number of rotatable bonds is 3. The molecule has 2 N–H and O–H groups in total. The lowest BCUT2D eigenvalue weighted by Crippen LogP contribution is -2.42. The average molecular weight is 237 g/mol. The number of hydrogen-bond acceptors (Lipinski definition) is 4. The second kappa shape index (κ2) is 5.65. The van der Waals surface area contributed by atoms with E-state index in [1.54, 1.807) is 24.3 Å². The van der Waals surface area contributed by atoms with E-state index in [0.29, 0.717) is 26.4 Å². The molecule has 0 bridgehead atoms. The second-order valence-electron chi connectivity index (χ2n) is 3.82. The number of carbonyl (C=O) groups excluding carboxylic acids is 1. The Morgan fingerprint density at radius 2 is 2.12 bits per heavy atom. The summed E-state index contributed by atoms with van der Waals surface area (Å²) in [5, 5.41) is 11.9. The summed E-state index contributed by atoms with van der Waals surface area (Å²) in [5.74, 6) is 0.0434. The van der Waals surface area contributed by atoms with Crippen molar-refractivity contribution in [3.63, 3.8) is 0 Å². The highest BCUT2D eigenvalue weighted by Crippen LogP contribution is 2.09. The molecule has 0 spiro atoms. The van der Waals surface area contributed by atoms with Crippen LogP contribution in [0.5, 0.6) is 5.75 Å². The minimum absolute atomic E-state index is 0.169. The standard InChI is InChI=1S/C12H15NO4/c14-10-3-1-9(2-4-10)7-13-12(15)11-8-16-5-6-17-11/h1-4,11,14H,5-8H2,(H,13,15). The lowest BCUT2D eigenvalue weighted by Gasteiger charge is -2.22. The van der Waals surface area contributed by atoms with Crippen molar-refractivity contribution in [1.82, 2.24) is 5.32 Å². The van der Waals surface area contributed by atoms with E-state index in [4.69, 9.17) is 14.6 Å². The Labute approximate surface area is 99.3 Å². The van der Waals surface area contributed by atoms with Crippen molar-refractivity contribution in [3.05, 3.63) is 29.8 Å². The van der Waals surface area contributed by atoms with Gasteiger partial charge in [-0.05, 0) is 17.7 Å². The maximum atomic E-state index is 11.7. The molecule has 0 aromatic heterocycles. The van der Waals surface area contributed by atoms with Crippen LogP contribution in [0.4, 0.5) is 0 Å². The van der Waals surface area contributed by atoms with Crippen LogP contribution in [-0.4, -0.2) is 36.9 Å². The largest absolute Gasteiger partial charge is 0.508 e. The van der Waals surface area contributed by atoms with Crippen molar-refractivity contribution in [1.29, 1.82) is 0 Å². The Morgan fingerprint density at radius 1 is 1.35 bits per heavy atom. The van der Waals surface area contributed by atoms with E-state index in [1.807, 2.05) is 0 Å². The van der Waals surface area contributed by atoms with Crippen LogP contribution in [0.2, 0.25) is 0 Å². The maximum Gasteiger partial charge on any atom is 0.251 e. The number of ether oxygens (including phenoxy) is 2. The Balaban J connectivity index is 1.81. The molecule has 1 saturated heterocycles. The van der Waals surface area contributed by atoms with Gasteiger partial charge in [-0.3, -0.25) is 4.79 Å². The zero-order chi connectivity index (χ0) is 12.1. The summed E-state index contributed by atoms with van der Waals surface area (Å²) in [6.45, 7) is 1.72. The third-order valence-electron chi connectivity index (χ3n) is 2.51. The molecule has 1 aromatic carbocycles. The molecule has 1 aliphatic rings. The van der Waals surface area contributed by atoms with Crippen LogP contribution < -0.4 is 5.32 Å². The number of benzene rings is 1. The highest BCUT2D eigenvalue weighted by Gasteiger charge is 2.21. The third kappa shape index (κ3) is 3.44. The summed E-state index contributed by atoms with van der Waals surface area (Å²) in [5.41, 5.74) is 0.924. The molecule has 5 heteroatoms. The molecule has 1 aliphatic heterocycles. The maximum absolute atomic E-state index is 11.7. The normalized spacial score (nSPS) is 19.9. The predicted octanol–water partition coefficient (Wildman–Crippen LogP) is 0.424. The molecule has 1 fully saturated rings. The first-order valence-electron chi connectivity index (χ1n) is 5.50. The first-order valence-corrected chi connectivity index (χ1v) is 5.50. The highest BCUT2D eigenvalue weighted by molar-refractivity contribution is 5.80. The Bertz CT molecular complexity index is 371. The number of nitrogens with one attached hydrogen (secondary N) is 1. The van der Waals surface area contributed by atoms with Crippen molar-refractivity contribution < 1.29 is 19.4 Å². The lowest BCUT2D eigenvalue weighted by atomic mass is 10.2. The topological polar surface area (TPSA) is 67.8 Å². The smallest absolute Gasteiger partial charge is 0.251 e. The Kier molecular flexibility index (Phi) is 3.95. The van der Waals surface area contributed by atoms with E-state index in [9.17, 15) is 4.79 Å². The second-order valence-corrected chi connectivity index (χ2v) is 3.82. The number of phenols is 1. The number of hydrogen-bond donors (Lipinski definition) is 2. The molecule has 1 atom stereocenters. The predicted molar refractivity (Wildman–Crippen MR) is 60.5 cm³/mol. The zero-order valence-electron chi connectivity index (χ0n) is 9.39. The number of amides is 1. The van der Waals surface area contributed by atoms with Gasteiger partial charge >= 0.3 is 0 Å². The molecule has 1 aromatic rings. The van der Waals surface area contributed by atoms with Gasteiger partial charge in [-0.2, -0.15) is 0 Å². The van der Waals surface area contributed by atoms with Gasteiger partial charge in [-0.15, -0.1) is 0 Å². The van der Waals surface area contributed by atoms with Gasteiger partial charge in [0.1, 0.15) is 5.75 Å². The zero-order valence-corrected chi connectivity index (χ0v) is 9.39. The summed E-state index contributed by atoms with van der Waals surface area (Å²) in [6.07, 6.45) is -0.513. The monoisotopic (exact) mass is 237 g/mol. The van der Waals surface area contributed by atoms with E-state index in [0.717, 1.165) is 5.56 Å². The first kappa shape index (κ1) is 11.9. The van der Waals surface area contributed by atoms with Gasteiger partial charge in [0.05, 0.1) is 19.8 Å². The number of carbonyl (C=O) groups is 1. The van der Waals surface area contributed by atoms with Gasteiger partial charge < -0.3 is 19.9 Å². The van der Waals surface area contributed by atoms with E-state index in [1.165, 1.54) is 0 Å². The van der Waals surface area contributed by atoms with E-state index >= 15 is 0 Å². The fourth-order valence-corrected chi connectivity index (χ4v) is 1.56. The van der Waals surface area contributed by atoms with Crippen LogP contribution in [0.1, 0.15) is 5.56 Å². The van der Waals surface area contributed by atoms with Crippen molar-refractivity contribution in [2.75, 3.05) is 19.8 Å². The lowest BCUT2D eigenvalue weighted by molar-refractivity contribution is -0.147. The molecule has 92 valence electrons. The molecule has 0 aliphatic carbocycles. The van der Waals surface area contributed by atoms with Gasteiger partial charge in [0.25, 0.3) is 5.91 Å². The molecule has 5 nitrogen and oxygen atoms in total. The van der Waals surface area contributed by atoms with Crippen molar-refractivity contribution in [3.8, 4) is 5.75 Å². The molecule has 17 heavy (non-hydrogen) atoms. The Morgan fingerprint density at radius 3 is 2.76 bits per heavy atom. The third-order valence-corrected chi connectivity index (χ3v) is 2.51. The SMILES string of the molecule is O=C(NCc1ccc(O)cc1)C1COCCO1. The molecule has 1 amide bonds. The summed E-state index contributed by atoms with van der Waals surface area (Å²) in [4.78, 5) is 11.7. The number of aromatic hydroxyl groups is 1. The van der Waals surface area contributed by atoms with Gasteiger partial charge in [-0.25, -0.2) is 0 Å². The van der Waals surface area contributed by atoms with Crippen molar-refractivity contribution >= 4 is 5.91 Å². The quantitative estimate of drug-likeness (QED) is 0.799. The minimum Gasteiger partial charge on any atom is -0.508 e. The Hall–Kier alpha value is -1.59. The van der Waals surface area contributed by atoms with Crippen LogP contribution >= 0.6 is 0 Å². The summed E-state index contributed by atoms with van der Waals surface area (Å²) < 4.78 is 10.4. The molecule has 0 saturated carbocycles. The molecule has 1 unspecified atom stereocenters. The highest BCUT2D eigenvalue weighted by atomic mass is 16.6. The summed E-state index contributed by atoms with van der Waals surface area (Å²) in [6, 6.07) is 6.69. The molecule has 2 rings (SSSR count). The van der Waals surface area contributed by atoms with Gasteiger partial charge in [0.15, 0.2) is 6.10 Å². The number of phenolic OH excluding ortho intramolecular Hbond substituents is 1. The summed E-state index contributed by atoms with van der Waals surface area (Å²) in [7, 11) is 0. The molecule has 1 heterocycles. The van der Waals surface area contributed by atoms with Crippen LogP contribution in [-0.2, 0) is 20.8 Å². The van der Waals surface area contributed by atoms with Crippen molar-refractivity contribution in [2.45, 2.75) is 12.6 Å². The fraction of sp³-hybridized carbons (Fsp3) is 0.417. The van der Waals surface area contributed by atoms with E-state index in [-0.39, 0.29) is 11.7 Å². The molecular weight excluding hydrogens is 222 g/mol. The van der Waals surface area contributed by atoms with Crippen LogP contribution in [0.25, 0.3) is 0 Å². The first-order chi connectivity index (χ1) is 8.25. The van der Waals surface area contributed by atoms with Gasteiger partial charge in [-0.1, -0.05) is 12.1 Å². The fourth-order valence-electron chi connectivity index (χ4n) is 1.56. The average Bonchev–Trinajstić information content (AvgIpc) is 2.39. The van der Waals surface area contributed by atoms with E-state index in [2.05, 4.69) is 5.32 Å². The summed E-state index contributed by atoms with van der Waals surface area (Å²) >= 11 is 0. The minimum atomic E-state index is -0.513. The molecule has 0 radical (unpaired) electrons. The van der Waals surface area contributed by atoms with Gasteiger partial charge in [0, 0.05) is 6.54 Å². The van der Waals surface area contributed by atoms with Gasteiger partial charge in [0.2, 0.25) is 0 Å².